The number of carbonyl (C=O) groups excluding carboxylic acids is 1. The van der Waals surface area contributed by atoms with E-state index in [1.165, 1.54) is 0 Å². The predicted molar refractivity (Wildman–Crippen MR) is 81.2 cm³/mol. The summed E-state index contributed by atoms with van der Waals surface area (Å²) in [5, 5.41) is 3.28. The number of hydrogen-bond acceptors (Lipinski definition) is 2. The molecule has 1 rings (SSSR count). The van der Waals surface area contributed by atoms with Crippen molar-refractivity contribution in [2.45, 2.75) is 41.0 Å². The lowest BCUT2D eigenvalue weighted by atomic mass is 10.1. The molecule has 0 aliphatic heterocycles. The third kappa shape index (κ3) is 7.17. The second-order valence-electron chi connectivity index (χ2n) is 2.99. The highest BCUT2D eigenvalue weighted by Gasteiger charge is 2.08. The summed E-state index contributed by atoms with van der Waals surface area (Å²) in [6, 6.07) is 4.85. The molecule has 1 aromatic rings. The summed E-state index contributed by atoms with van der Waals surface area (Å²) in [4.78, 5) is 11.5. The van der Waals surface area contributed by atoms with Crippen molar-refractivity contribution in [3.05, 3.63) is 28.8 Å². The van der Waals surface area contributed by atoms with E-state index in [-0.39, 0.29) is 5.91 Å². The molecule has 4 heteroatoms. The average Bonchev–Trinajstić information content (AvgIpc) is 2.40. The highest BCUT2D eigenvalue weighted by Crippen LogP contribution is 2.17. The summed E-state index contributed by atoms with van der Waals surface area (Å²) in [7, 11) is 0. The van der Waals surface area contributed by atoms with E-state index in [2.05, 4.69) is 5.32 Å². The molecule has 0 heterocycles. The van der Waals surface area contributed by atoms with Gasteiger partial charge in [-0.25, -0.2) is 0 Å². The van der Waals surface area contributed by atoms with Crippen LogP contribution < -0.4 is 11.1 Å². The van der Waals surface area contributed by atoms with Crippen LogP contribution in [-0.2, 0) is 0 Å². The van der Waals surface area contributed by atoms with Gasteiger partial charge < -0.3 is 11.1 Å². The van der Waals surface area contributed by atoms with Crippen molar-refractivity contribution < 1.29 is 4.79 Å². The molecule has 0 aromatic heterocycles. The normalized spacial score (nSPS) is 8.33. The van der Waals surface area contributed by atoms with Crippen LogP contribution in [0.15, 0.2) is 18.2 Å². The first kappa shape index (κ1) is 19.1. The van der Waals surface area contributed by atoms with Crippen LogP contribution in [0.4, 0.5) is 5.69 Å². The maximum absolute atomic E-state index is 11.5. The molecule has 0 saturated carbocycles. The van der Waals surface area contributed by atoms with Crippen LogP contribution in [0.2, 0.25) is 5.02 Å². The van der Waals surface area contributed by atoms with Crippen molar-refractivity contribution in [3.63, 3.8) is 0 Å². The van der Waals surface area contributed by atoms with Crippen molar-refractivity contribution in [1.29, 1.82) is 0 Å². The zero-order valence-corrected chi connectivity index (χ0v) is 12.8. The Bertz CT molecular complexity index is 341. The van der Waals surface area contributed by atoms with E-state index in [4.69, 9.17) is 17.3 Å². The minimum atomic E-state index is -0.152. The minimum absolute atomic E-state index is 0.152. The first-order valence-corrected chi connectivity index (χ1v) is 6.86. The zero-order chi connectivity index (χ0) is 14.6. The smallest absolute Gasteiger partial charge is 0.253 e. The van der Waals surface area contributed by atoms with Gasteiger partial charge in [-0.15, -0.1) is 0 Å². The average molecular weight is 273 g/mol. The van der Waals surface area contributed by atoms with Crippen molar-refractivity contribution in [1.82, 2.24) is 5.32 Å². The van der Waals surface area contributed by atoms with Gasteiger partial charge in [0.2, 0.25) is 0 Å². The lowest BCUT2D eigenvalue weighted by Gasteiger charge is -2.06. The van der Waals surface area contributed by atoms with E-state index in [0.29, 0.717) is 22.8 Å². The van der Waals surface area contributed by atoms with Gasteiger partial charge in [-0.3, -0.25) is 4.79 Å². The molecule has 0 radical (unpaired) electrons. The van der Waals surface area contributed by atoms with Crippen LogP contribution in [0.25, 0.3) is 0 Å². The molecule has 0 aliphatic carbocycles. The predicted octanol–water partition coefficient (Wildman–Crippen LogP) is 4.11. The van der Waals surface area contributed by atoms with Gasteiger partial charge in [0.25, 0.3) is 5.91 Å². The third-order valence-corrected chi connectivity index (χ3v) is 2.03. The standard InChI is InChI=1S/C10H13ClN2O.2C2H6/c1-2-5-13-10(14)8-4-3-7(11)6-9(8)12;2*1-2/h3-4,6H,2,5,12H2,1H3,(H,13,14);2*1-2H3. The molecule has 0 fully saturated rings. The molecule has 0 spiro atoms. The Morgan fingerprint density at radius 3 is 2.28 bits per heavy atom. The molecule has 104 valence electrons. The lowest BCUT2D eigenvalue weighted by molar-refractivity contribution is 0.0954. The third-order valence-electron chi connectivity index (χ3n) is 1.79. The minimum Gasteiger partial charge on any atom is -0.398 e. The number of nitrogen functional groups attached to an aromatic ring is 1. The number of halogens is 1. The van der Waals surface area contributed by atoms with E-state index in [1.54, 1.807) is 18.2 Å². The van der Waals surface area contributed by atoms with Gasteiger partial charge in [-0.05, 0) is 24.6 Å². The monoisotopic (exact) mass is 272 g/mol. The number of benzene rings is 1. The van der Waals surface area contributed by atoms with Gasteiger partial charge in [0, 0.05) is 17.3 Å². The van der Waals surface area contributed by atoms with Crippen LogP contribution in [0.5, 0.6) is 0 Å². The number of anilines is 1. The van der Waals surface area contributed by atoms with Gasteiger partial charge >= 0.3 is 0 Å². The van der Waals surface area contributed by atoms with Gasteiger partial charge in [0.05, 0.1) is 5.56 Å². The molecule has 1 amide bonds. The van der Waals surface area contributed by atoms with Gasteiger partial charge in [-0.1, -0.05) is 46.2 Å². The second-order valence-corrected chi connectivity index (χ2v) is 3.42. The largest absolute Gasteiger partial charge is 0.398 e. The van der Waals surface area contributed by atoms with E-state index < -0.39 is 0 Å². The number of hydrogen-bond donors (Lipinski definition) is 2. The first-order chi connectivity index (χ1) is 8.65. The van der Waals surface area contributed by atoms with Crippen LogP contribution in [0, 0.1) is 0 Å². The summed E-state index contributed by atoms with van der Waals surface area (Å²) >= 11 is 5.71. The molecule has 18 heavy (non-hydrogen) atoms. The van der Waals surface area contributed by atoms with Crippen LogP contribution in [0.1, 0.15) is 51.4 Å². The summed E-state index contributed by atoms with van der Waals surface area (Å²) in [6.45, 7) is 10.6. The molecule has 0 atom stereocenters. The Morgan fingerprint density at radius 1 is 1.28 bits per heavy atom. The van der Waals surface area contributed by atoms with Crippen molar-refractivity contribution in [2.24, 2.45) is 0 Å². The number of rotatable bonds is 3. The van der Waals surface area contributed by atoms with Crippen molar-refractivity contribution >= 4 is 23.2 Å². The Hall–Kier alpha value is -1.22. The fraction of sp³-hybridized carbons (Fsp3) is 0.500. The van der Waals surface area contributed by atoms with Crippen molar-refractivity contribution in [3.8, 4) is 0 Å². The highest BCUT2D eigenvalue weighted by molar-refractivity contribution is 6.31. The number of nitrogens with two attached hydrogens (primary N) is 1. The Balaban J connectivity index is 0. The molecule has 3 nitrogen and oxygen atoms in total. The Labute approximate surface area is 116 Å². The van der Waals surface area contributed by atoms with Gasteiger partial charge in [0.15, 0.2) is 0 Å². The molecule has 0 saturated heterocycles. The highest BCUT2D eigenvalue weighted by atomic mass is 35.5. The van der Waals surface area contributed by atoms with E-state index in [1.807, 2.05) is 34.6 Å². The molecule has 3 N–H and O–H groups in total. The fourth-order valence-electron chi connectivity index (χ4n) is 1.07. The van der Waals surface area contributed by atoms with Crippen molar-refractivity contribution in [2.75, 3.05) is 12.3 Å². The second kappa shape index (κ2) is 12.2. The summed E-state index contributed by atoms with van der Waals surface area (Å²) in [5.74, 6) is -0.152. The van der Waals surface area contributed by atoms with Crippen LogP contribution in [0.3, 0.4) is 0 Å². The topological polar surface area (TPSA) is 55.1 Å². The molecule has 0 unspecified atom stereocenters. The van der Waals surface area contributed by atoms with Crippen LogP contribution >= 0.6 is 11.6 Å². The molecular weight excluding hydrogens is 248 g/mol. The molecule has 0 bridgehead atoms. The SMILES string of the molecule is CC.CC.CCCNC(=O)c1ccc(Cl)cc1N. The molecule has 1 aromatic carbocycles. The molecular formula is C14H25ClN2O. The maximum Gasteiger partial charge on any atom is 0.253 e. The van der Waals surface area contributed by atoms with Gasteiger partial charge in [-0.2, -0.15) is 0 Å². The fourth-order valence-corrected chi connectivity index (χ4v) is 1.25. The first-order valence-electron chi connectivity index (χ1n) is 6.48. The van der Waals surface area contributed by atoms with Gasteiger partial charge in [0.1, 0.15) is 0 Å². The number of amides is 1. The van der Waals surface area contributed by atoms with E-state index in [9.17, 15) is 4.79 Å². The van der Waals surface area contributed by atoms with E-state index in [0.717, 1.165) is 6.42 Å². The van der Waals surface area contributed by atoms with E-state index >= 15 is 0 Å². The van der Waals surface area contributed by atoms with Crippen LogP contribution in [-0.4, -0.2) is 12.5 Å². The lowest BCUT2D eigenvalue weighted by Crippen LogP contribution is -2.24. The maximum atomic E-state index is 11.5. The summed E-state index contributed by atoms with van der Waals surface area (Å²) < 4.78 is 0. The zero-order valence-electron chi connectivity index (χ0n) is 12.0. The number of carbonyl (C=O) groups is 1. The number of nitrogens with one attached hydrogen (secondary N) is 1. The quantitative estimate of drug-likeness (QED) is 0.814. The summed E-state index contributed by atoms with van der Waals surface area (Å²) in [5.41, 5.74) is 6.53. The summed E-state index contributed by atoms with van der Waals surface area (Å²) in [6.07, 6.45) is 0.902. The Morgan fingerprint density at radius 2 is 1.83 bits per heavy atom. The Kier molecular flexibility index (Phi) is 13.0. The molecule has 0 aliphatic rings.